The van der Waals surface area contributed by atoms with E-state index < -0.39 is 0 Å². The summed E-state index contributed by atoms with van der Waals surface area (Å²) in [4.78, 5) is 14.1. The van der Waals surface area contributed by atoms with Gasteiger partial charge in [-0.15, -0.1) is 0 Å². The zero-order valence-corrected chi connectivity index (χ0v) is 21.5. The minimum atomic E-state index is -0.329. The smallest absolute Gasteiger partial charge is 0.208 e. The van der Waals surface area contributed by atoms with Crippen LogP contribution in [-0.2, 0) is 6.54 Å². The number of rotatable bonds is 10. The van der Waals surface area contributed by atoms with Gasteiger partial charge in [-0.05, 0) is 50.0 Å². The average molecular weight is 507 g/mol. The van der Waals surface area contributed by atoms with Crippen molar-refractivity contribution < 1.29 is 10.3 Å². The Morgan fingerprint density at radius 2 is 1.81 bits per heavy atom. The molecule has 1 aromatic carbocycles. The first-order valence-electron chi connectivity index (χ1n) is 13.5. The standard InChI is InChI=1S/C27H38N8O2/c1-17(19-13-8-14-19)29-24-22-25(32-26(31-24)23(28)34-37)33-27(35(22)15-18-9-4-2-5-10-18)30-21(16-36)20-11-6-3-7-12-20/h3,6-7,11-12,17-19,21,36-37H,2,4-5,8-10,13-16H2,1H3,(H2,28,34)(H2,29,30,31,32,33)/t17-,21?/m1/s1. The van der Waals surface area contributed by atoms with Crippen molar-refractivity contribution in [2.24, 2.45) is 22.7 Å². The number of amidine groups is 1. The van der Waals surface area contributed by atoms with E-state index >= 15 is 0 Å². The van der Waals surface area contributed by atoms with Gasteiger partial charge >= 0.3 is 0 Å². The van der Waals surface area contributed by atoms with Gasteiger partial charge in [0.15, 0.2) is 11.5 Å². The lowest BCUT2D eigenvalue weighted by Crippen LogP contribution is -2.32. The van der Waals surface area contributed by atoms with Gasteiger partial charge < -0.3 is 31.2 Å². The van der Waals surface area contributed by atoms with E-state index in [0.29, 0.717) is 29.2 Å². The van der Waals surface area contributed by atoms with Crippen molar-refractivity contribution in [3.05, 3.63) is 41.7 Å². The summed E-state index contributed by atoms with van der Waals surface area (Å²) in [5.74, 6) is 2.36. The highest BCUT2D eigenvalue weighted by molar-refractivity contribution is 5.97. The Morgan fingerprint density at radius 1 is 1.05 bits per heavy atom. The van der Waals surface area contributed by atoms with E-state index in [4.69, 9.17) is 15.7 Å². The van der Waals surface area contributed by atoms with Crippen LogP contribution < -0.4 is 16.4 Å². The predicted octanol–water partition coefficient (Wildman–Crippen LogP) is 4.25. The fourth-order valence-electron chi connectivity index (χ4n) is 5.56. The molecule has 2 saturated carbocycles. The highest BCUT2D eigenvalue weighted by atomic mass is 16.4. The molecular weight excluding hydrogens is 468 g/mol. The van der Waals surface area contributed by atoms with Crippen LogP contribution in [0.25, 0.3) is 11.2 Å². The Bertz CT molecular complexity index is 1220. The summed E-state index contributed by atoms with van der Waals surface area (Å²) in [7, 11) is 0. The number of imidazole rings is 1. The average Bonchev–Trinajstić information content (AvgIpc) is 3.23. The molecule has 6 N–H and O–H groups in total. The number of aliphatic hydroxyl groups is 1. The highest BCUT2D eigenvalue weighted by Gasteiger charge is 2.28. The van der Waals surface area contributed by atoms with E-state index in [1.54, 1.807) is 0 Å². The Balaban J connectivity index is 1.60. The Hall–Kier alpha value is -3.40. The van der Waals surface area contributed by atoms with Crippen molar-refractivity contribution >= 4 is 28.8 Å². The summed E-state index contributed by atoms with van der Waals surface area (Å²) in [6, 6.07) is 9.76. The molecule has 37 heavy (non-hydrogen) atoms. The fourth-order valence-corrected chi connectivity index (χ4v) is 5.56. The monoisotopic (exact) mass is 506 g/mol. The van der Waals surface area contributed by atoms with Crippen molar-refractivity contribution in [2.45, 2.75) is 76.9 Å². The van der Waals surface area contributed by atoms with E-state index in [1.807, 2.05) is 30.3 Å². The minimum absolute atomic E-state index is 0.0818. The van der Waals surface area contributed by atoms with Crippen molar-refractivity contribution in [3.63, 3.8) is 0 Å². The van der Waals surface area contributed by atoms with Gasteiger partial charge in [-0.2, -0.15) is 4.98 Å². The lowest BCUT2D eigenvalue weighted by Gasteiger charge is -2.32. The number of nitrogens with zero attached hydrogens (tertiary/aromatic N) is 5. The van der Waals surface area contributed by atoms with Gasteiger partial charge in [0.25, 0.3) is 0 Å². The SMILES string of the molecule is C[C@@H](Nc1nc(/C(N)=N/O)nc2nc(NC(CO)c3ccccc3)n(CC3CCCCC3)c12)C1CCC1. The number of nitrogens with two attached hydrogens (primary N) is 1. The maximum atomic E-state index is 10.2. The van der Waals surface area contributed by atoms with Crippen LogP contribution in [0.2, 0.25) is 0 Å². The summed E-state index contributed by atoms with van der Waals surface area (Å²) in [5.41, 5.74) is 8.17. The molecule has 5 rings (SSSR count). The molecule has 1 unspecified atom stereocenters. The molecule has 3 aromatic rings. The quantitative estimate of drug-likeness (QED) is 0.119. The number of hydrogen-bond donors (Lipinski definition) is 5. The zero-order valence-electron chi connectivity index (χ0n) is 21.5. The second-order valence-corrected chi connectivity index (χ2v) is 10.5. The summed E-state index contributed by atoms with van der Waals surface area (Å²) in [6.45, 7) is 2.88. The van der Waals surface area contributed by atoms with Crippen molar-refractivity contribution in [1.29, 1.82) is 0 Å². The molecular formula is C27H38N8O2. The molecule has 2 heterocycles. The minimum Gasteiger partial charge on any atom is -0.409 e. The van der Waals surface area contributed by atoms with Crippen LogP contribution in [0.5, 0.6) is 0 Å². The van der Waals surface area contributed by atoms with E-state index in [-0.39, 0.29) is 30.4 Å². The first kappa shape index (κ1) is 25.3. The number of aromatic nitrogens is 4. The molecule has 0 spiro atoms. The molecule has 0 radical (unpaired) electrons. The molecule has 2 aliphatic carbocycles. The third kappa shape index (κ3) is 5.49. The number of aliphatic hydroxyl groups excluding tert-OH is 1. The van der Waals surface area contributed by atoms with Gasteiger partial charge in [-0.1, -0.05) is 61.2 Å². The van der Waals surface area contributed by atoms with Crippen LogP contribution in [0.1, 0.15) is 75.7 Å². The Morgan fingerprint density at radius 3 is 2.46 bits per heavy atom. The molecule has 0 aliphatic heterocycles. The van der Waals surface area contributed by atoms with E-state index in [9.17, 15) is 10.3 Å². The van der Waals surface area contributed by atoms with Crippen LogP contribution in [0.15, 0.2) is 35.5 Å². The molecule has 2 atom stereocenters. The number of fused-ring (bicyclic) bond motifs is 1. The summed E-state index contributed by atoms with van der Waals surface area (Å²) < 4.78 is 2.17. The number of anilines is 2. The van der Waals surface area contributed by atoms with Gasteiger partial charge in [0.2, 0.25) is 17.6 Å². The zero-order chi connectivity index (χ0) is 25.8. The predicted molar refractivity (Wildman–Crippen MR) is 145 cm³/mol. The molecule has 10 heteroatoms. The maximum Gasteiger partial charge on any atom is 0.208 e. The molecule has 2 aliphatic rings. The summed E-state index contributed by atoms with van der Waals surface area (Å²) >= 11 is 0. The van der Waals surface area contributed by atoms with Crippen LogP contribution in [0, 0.1) is 11.8 Å². The van der Waals surface area contributed by atoms with Crippen LogP contribution in [0.3, 0.4) is 0 Å². The van der Waals surface area contributed by atoms with Crippen LogP contribution >= 0.6 is 0 Å². The normalized spacial score (nSPS) is 18.9. The largest absolute Gasteiger partial charge is 0.409 e. The molecule has 2 fully saturated rings. The van der Waals surface area contributed by atoms with E-state index in [0.717, 1.165) is 17.6 Å². The molecule has 0 bridgehead atoms. The summed E-state index contributed by atoms with van der Waals surface area (Å²) in [6.07, 6.45) is 9.73. The van der Waals surface area contributed by atoms with Gasteiger partial charge in [-0.25, -0.2) is 9.97 Å². The molecule has 10 nitrogen and oxygen atoms in total. The topological polar surface area (TPSA) is 146 Å². The van der Waals surface area contributed by atoms with Crippen LogP contribution in [-0.4, -0.2) is 48.3 Å². The van der Waals surface area contributed by atoms with Gasteiger partial charge in [0.1, 0.15) is 5.52 Å². The maximum absolute atomic E-state index is 10.2. The second kappa shape index (κ2) is 11.3. The third-order valence-corrected chi connectivity index (χ3v) is 8.01. The summed E-state index contributed by atoms with van der Waals surface area (Å²) in [5, 5.41) is 29.8. The van der Waals surface area contributed by atoms with Crippen molar-refractivity contribution in [3.8, 4) is 0 Å². The number of hydrogen-bond acceptors (Lipinski definition) is 8. The first-order chi connectivity index (χ1) is 18.1. The number of nitrogens with one attached hydrogen (secondary N) is 2. The second-order valence-electron chi connectivity index (χ2n) is 10.5. The van der Waals surface area contributed by atoms with E-state index in [1.165, 1.54) is 51.4 Å². The van der Waals surface area contributed by atoms with Crippen LogP contribution in [0.4, 0.5) is 11.8 Å². The van der Waals surface area contributed by atoms with E-state index in [2.05, 4.69) is 32.3 Å². The van der Waals surface area contributed by atoms with Crippen molar-refractivity contribution in [1.82, 2.24) is 19.5 Å². The van der Waals surface area contributed by atoms with Gasteiger partial charge in [-0.3, -0.25) is 0 Å². The fraction of sp³-hybridized carbons (Fsp3) is 0.556. The number of benzene rings is 1. The van der Waals surface area contributed by atoms with Gasteiger partial charge in [0, 0.05) is 12.6 Å². The lowest BCUT2D eigenvalue weighted by molar-refractivity contribution is 0.275. The first-order valence-corrected chi connectivity index (χ1v) is 13.5. The molecule has 0 saturated heterocycles. The molecule has 0 amide bonds. The number of oxime groups is 1. The molecule has 198 valence electrons. The lowest BCUT2D eigenvalue weighted by atomic mass is 9.80. The molecule has 2 aromatic heterocycles. The van der Waals surface area contributed by atoms with Gasteiger partial charge in [0.05, 0.1) is 12.6 Å². The Kier molecular flexibility index (Phi) is 7.73. The highest BCUT2D eigenvalue weighted by Crippen LogP contribution is 2.35. The third-order valence-electron chi connectivity index (χ3n) is 8.01. The van der Waals surface area contributed by atoms with Crippen molar-refractivity contribution in [2.75, 3.05) is 17.2 Å². The Labute approximate surface area is 217 Å².